The van der Waals surface area contributed by atoms with Gasteiger partial charge in [-0.2, -0.15) is 0 Å². The van der Waals surface area contributed by atoms with E-state index in [-0.39, 0.29) is 6.42 Å². The second-order valence-corrected chi connectivity index (χ2v) is 8.98. The van der Waals surface area contributed by atoms with E-state index >= 15 is 0 Å². The van der Waals surface area contributed by atoms with E-state index in [2.05, 4.69) is 10.6 Å². The lowest BCUT2D eigenvalue weighted by atomic mass is 9.86. The van der Waals surface area contributed by atoms with Crippen LogP contribution in [0.1, 0.15) is 33.1 Å². The molecule has 158 valence electrons. The van der Waals surface area contributed by atoms with Crippen LogP contribution in [-0.4, -0.2) is 87.0 Å². The van der Waals surface area contributed by atoms with Crippen LogP contribution in [0.4, 0.5) is 4.39 Å². The van der Waals surface area contributed by atoms with Crippen LogP contribution >= 0.6 is 23.4 Å². The van der Waals surface area contributed by atoms with E-state index < -0.39 is 58.9 Å². The number of aliphatic hydroxyl groups excluding tert-OH is 3. The van der Waals surface area contributed by atoms with Crippen molar-refractivity contribution in [3.05, 3.63) is 0 Å². The van der Waals surface area contributed by atoms with E-state index in [9.17, 15) is 24.5 Å². The largest absolute Gasteiger partial charge is 0.388 e. The van der Waals surface area contributed by atoms with Crippen LogP contribution in [0.5, 0.6) is 0 Å². The van der Waals surface area contributed by atoms with Gasteiger partial charge in [-0.15, -0.1) is 23.4 Å². The first kappa shape index (κ1) is 23.1. The van der Waals surface area contributed by atoms with Crippen LogP contribution in [0.3, 0.4) is 0 Å². The van der Waals surface area contributed by atoms with Gasteiger partial charge in [-0.3, -0.25) is 4.79 Å². The molecular weight excluding hydrogens is 399 g/mol. The van der Waals surface area contributed by atoms with Gasteiger partial charge in [-0.25, -0.2) is 4.39 Å². The third-order valence-corrected chi connectivity index (χ3v) is 6.61. The van der Waals surface area contributed by atoms with Crippen LogP contribution in [0.2, 0.25) is 0 Å². The average molecular weight is 429 g/mol. The number of halogens is 2. The Hall–Kier alpha value is -0.160. The fourth-order valence-corrected chi connectivity index (χ4v) is 4.49. The van der Waals surface area contributed by atoms with Gasteiger partial charge in [0.25, 0.3) is 0 Å². The molecule has 2 rings (SSSR count). The highest BCUT2D eigenvalue weighted by Crippen LogP contribution is 2.31. The van der Waals surface area contributed by atoms with E-state index in [1.165, 1.54) is 11.8 Å². The molecule has 0 aromatic rings. The van der Waals surface area contributed by atoms with E-state index in [0.29, 0.717) is 19.4 Å². The van der Waals surface area contributed by atoms with Crippen molar-refractivity contribution in [2.75, 3.05) is 12.8 Å². The molecule has 2 heterocycles. The Balaban J connectivity index is 2.11. The molecule has 5 N–H and O–H groups in total. The summed E-state index contributed by atoms with van der Waals surface area (Å²) in [5.41, 5.74) is -2.16. The molecule has 1 amide bonds. The summed E-state index contributed by atoms with van der Waals surface area (Å²) in [6, 6.07) is -1.54. The third-order valence-electron chi connectivity index (χ3n) is 5.48. The Morgan fingerprint density at radius 1 is 1.41 bits per heavy atom. The number of nitrogens with one attached hydrogen (secondary N) is 2. The molecule has 3 unspecified atom stereocenters. The van der Waals surface area contributed by atoms with Gasteiger partial charge in [0.05, 0.1) is 17.5 Å². The highest BCUT2D eigenvalue weighted by Gasteiger charge is 2.48. The van der Waals surface area contributed by atoms with E-state index in [1.54, 1.807) is 20.1 Å². The number of ether oxygens (including phenoxy) is 1. The van der Waals surface area contributed by atoms with Crippen molar-refractivity contribution in [2.24, 2.45) is 0 Å². The second kappa shape index (κ2) is 9.56. The molecule has 0 spiro atoms. The lowest BCUT2D eigenvalue weighted by Crippen LogP contribution is -2.65. The molecule has 2 fully saturated rings. The maximum atomic E-state index is 14.6. The van der Waals surface area contributed by atoms with Gasteiger partial charge in [0.1, 0.15) is 35.5 Å². The number of thioether (sulfide) groups is 1. The molecule has 0 radical (unpaired) electrons. The summed E-state index contributed by atoms with van der Waals surface area (Å²) >= 11 is 7.41. The SMILES string of the molecule is CCC1(F)CCN[C@H](C(=O)NC(C2O[C@H](SC)[C@H](O)[C@@H](O)[C@H]2O)[C@H](C)Cl)C1. The molecule has 27 heavy (non-hydrogen) atoms. The monoisotopic (exact) mass is 428 g/mol. The number of alkyl halides is 2. The summed E-state index contributed by atoms with van der Waals surface area (Å²) < 4.78 is 20.4. The van der Waals surface area contributed by atoms with Crippen molar-refractivity contribution in [1.29, 1.82) is 0 Å². The maximum absolute atomic E-state index is 14.6. The molecule has 9 atom stereocenters. The fourth-order valence-electron chi connectivity index (χ4n) is 3.61. The van der Waals surface area contributed by atoms with Gasteiger partial charge in [-0.1, -0.05) is 6.92 Å². The summed E-state index contributed by atoms with van der Waals surface area (Å²) in [5, 5.41) is 35.6. The van der Waals surface area contributed by atoms with Crippen molar-refractivity contribution in [3.63, 3.8) is 0 Å². The fraction of sp³-hybridized carbons (Fsp3) is 0.941. The van der Waals surface area contributed by atoms with Crippen LogP contribution in [0.15, 0.2) is 0 Å². The quantitative estimate of drug-likeness (QED) is 0.383. The van der Waals surface area contributed by atoms with Gasteiger partial charge in [0.15, 0.2) is 0 Å². The predicted molar refractivity (Wildman–Crippen MR) is 103 cm³/mol. The van der Waals surface area contributed by atoms with Crippen molar-refractivity contribution in [3.8, 4) is 0 Å². The van der Waals surface area contributed by atoms with E-state index in [4.69, 9.17) is 16.3 Å². The standard InChI is InChI=1S/C17H30ClFN2O5S/c1-4-17(19)5-6-20-9(7-17)15(25)21-10(8(2)18)14-12(23)11(22)13(24)16(26-14)27-3/h8-14,16,20,22-24H,4-7H2,1-3H3,(H,21,25)/t8-,9-,10?,11-,12+,13+,14?,16+,17?/m0/s1. The molecule has 2 aliphatic heterocycles. The lowest BCUT2D eigenvalue weighted by molar-refractivity contribution is -0.205. The maximum Gasteiger partial charge on any atom is 0.237 e. The van der Waals surface area contributed by atoms with Gasteiger partial charge in [0.2, 0.25) is 5.91 Å². The molecule has 0 saturated carbocycles. The summed E-state index contributed by atoms with van der Waals surface area (Å²) in [6.07, 6.45) is -2.68. The number of hydrogen-bond donors (Lipinski definition) is 5. The number of piperidine rings is 1. The lowest BCUT2D eigenvalue weighted by Gasteiger charge is -2.44. The van der Waals surface area contributed by atoms with Crippen LogP contribution < -0.4 is 10.6 Å². The molecule has 0 aliphatic carbocycles. The molecule has 2 aliphatic rings. The summed E-state index contributed by atoms with van der Waals surface area (Å²) in [7, 11) is 0. The third kappa shape index (κ3) is 5.26. The van der Waals surface area contributed by atoms with Crippen molar-refractivity contribution in [1.82, 2.24) is 10.6 Å². The van der Waals surface area contributed by atoms with E-state index in [1.807, 2.05) is 0 Å². The topological polar surface area (TPSA) is 111 Å². The molecule has 0 aromatic heterocycles. The second-order valence-electron chi connectivity index (χ2n) is 7.35. The van der Waals surface area contributed by atoms with Crippen molar-refractivity contribution in [2.45, 2.75) is 86.1 Å². The Kier molecular flexibility index (Phi) is 8.19. The number of carbonyl (C=O) groups is 1. The zero-order valence-electron chi connectivity index (χ0n) is 15.8. The van der Waals surface area contributed by atoms with E-state index in [0.717, 1.165) is 0 Å². The summed E-state index contributed by atoms with van der Waals surface area (Å²) in [4.78, 5) is 12.7. The highest BCUT2D eigenvalue weighted by molar-refractivity contribution is 7.99. The zero-order chi connectivity index (χ0) is 20.4. The average Bonchev–Trinajstić information content (AvgIpc) is 2.64. The van der Waals surface area contributed by atoms with Gasteiger partial charge in [0, 0.05) is 6.42 Å². The first-order valence-electron chi connectivity index (χ1n) is 9.22. The highest BCUT2D eigenvalue weighted by atomic mass is 35.5. The zero-order valence-corrected chi connectivity index (χ0v) is 17.3. The number of hydrogen-bond acceptors (Lipinski definition) is 7. The van der Waals surface area contributed by atoms with Crippen LogP contribution in [0.25, 0.3) is 0 Å². The predicted octanol–water partition coefficient (Wildman–Crippen LogP) is 0.139. The number of carbonyl (C=O) groups excluding carboxylic acids is 1. The van der Waals surface area contributed by atoms with Crippen molar-refractivity contribution < 1.29 is 29.2 Å². The number of rotatable bonds is 6. The molecule has 10 heteroatoms. The minimum absolute atomic E-state index is 0.0571. The summed E-state index contributed by atoms with van der Waals surface area (Å²) in [6.45, 7) is 3.78. The molecular formula is C17H30ClFN2O5S. The minimum atomic E-state index is -1.43. The van der Waals surface area contributed by atoms with Crippen LogP contribution in [-0.2, 0) is 9.53 Å². The van der Waals surface area contributed by atoms with Gasteiger partial charge in [-0.05, 0) is 32.6 Å². The minimum Gasteiger partial charge on any atom is -0.388 e. The smallest absolute Gasteiger partial charge is 0.237 e. The van der Waals surface area contributed by atoms with Crippen molar-refractivity contribution >= 4 is 29.3 Å². The molecule has 0 bridgehead atoms. The Morgan fingerprint density at radius 3 is 2.63 bits per heavy atom. The number of aliphatic hydroxyl groups is 3. The van der Waals surface area contributed by atoms with Gasteiger partial charge >= 0.3 is 0 Å². The number of amides is 1. The molecule has 7 nitrogen and oxygen atoms in total. The first-order valence-corrected chi connectivity index (χ1v) is 10.9. The molecule has 2 saturated heterocycles. The van der Waals surface area contributed by atoms with Crippen LogP contribution in [0, 0.1) is 0 Å². The Bertz CT molecular complexity index is 518. The summed E-state index contributed by atoms with van der Waals surface area (Å²) in [5.74, 6) is -0.431. The Morgan fingerprint density at radius 2 is 2.07 bits per heavy atom. The first-order chi connectivity index (χ1) is 12.6. The van der Waals surface area contributed by atoms with Gasteiger partial charge < -0.3 is 30.7 Å². The molecule has 0 aromatic carbocycles. The normalized spacial score (nSPS) is 42.4. The Labute approximate surface area is 168 Å².